The average molecular weight is 235 g/mol. The Balaban J connectivity index is 1.76. The Morgan fingerprint density at radius 2 is 2.44 bits per heavy atom. The molecule has 0 amide bonds. The van der Waals surface area contributed by atoms with Gasteiger partial charge in [0, 0.05) is 50.0 Å². The van der Waals surface area contributed by atoms with E-state index in [1.54, 1.807) is 11.3 Å². The first-order chi connectivity index (χ1) is 7.75. The fourth-order valence-corrected chi connectivity index (χ4v) is 2.36. The van der Waals surface area contributed by atoms with E-state index in [9.17, 15) is 0 Å². The van der Waals surface area contributed by atoms with Crippen molar-refractivity contribution >= 4 is 11.3 Å². The van der Waals surface area contributed by atoms with Crippen LogP contribution in [0.15, 0.2) is 30.0 Å². The topological polar surface area (TPSA) is 29.9 Å². The van der Waals surface area contributed by atoms with E-state index in [-0.39, 0.29) is 0 Å². The molecule has 86 valence electrons. The Morgan fingerprint density at radius 3 is 3.06 bits per heavy atom. The molecule has 1 N–H and O–H groups in total. The van der Waals surface area contributed by atoms with Crippen LogP contribution in [-0.4, -0.2) is 16.1 Å². The van der Waals surface area contributed by atoms with Gasteiger partial charge in [-0.1, -0.05) is 6.92 Å². The van der Waals surface area contributed by atoms with E-state index < -0.39 is 0 Å². The average Bonchev–Trinajstić information content (AvgIpc) is 2.89. The van der Waals surface area contributed by atoms with Gasteiger partial charge < -0.3 is 9.88 Å². The molecular weight excluding hydrogens is 218 g/mol. The minimum Gasteiger partial charge on any atom is -0.357 e. The van der Waals surface area contributed by atoms with Crippen molar-refractivity contribution in [3.8, 4) is 0 Å². The molecule has 0 aliphatic carbocycles. The molecule has 2 rings (SSSR count). The van der Waals surface area contributed by atoms with Crippen molar-refractivity contribution in [2.24, 2.45) is 7.05 Å². The van der Waals surface area contributed by atoms with Crippen molar-refractivity contribution in [2.45, 2.75) is 19.4 Å². The number of nitrogens with zero attached hydrogens (tertiary/aromatic N) is 2. The first kappa shape index (κ1) is 11.4. The number of aryl methyl sites for hydroxylation is 1. The molecule has 0 fully saturated rings. The van der Waals surface area contributed by atoms with E-state index in [4.69, 9.17) is 0 Å². The van der Waals surface area contributed by atoms with Gasteiger partial charge in [-0.15, -0.1) is 11.3 Å². The molecule has 0 radical (unpaired) electrons. The van der Waals surface area contributed by atoms with E-state index in [1.807, 2.05) is 18.6 Å². The molecule has 0 spiro atoms. The lowest BCUT2D eigenvalue weighted by Crippen LogP contribution is -2.19. The summed E-state index contributed by atoms with van der Waals surface area (Å²) in [5.41, 5.74) is 1.33. The Kier molecular flexibility index (Phi) is 3.74. The molecule has 0 saturated carbocycles. The molecule has 16 heavy (non-hydrogen) atoms. The summed E-state index contributed by atoms with van der Waals surface area (Å²) in [7, 11) is 2.04. The standard InChI is InChI=1S/C12H17N3S/c1-10(12-14-4-6-16-12)7-13-8-11-3-5-15(2)9-11/h3-6,9-10,13H,7-8H2,1-2H3. The largest absolute Gasteiger partial charge is 0.357 e. The minimum atomic E-state index is 0.490. The molecule has 1 atom stereocenters. The highest BCUT2D eigenvalue weighted by Crippen LogP contribution is 2.16. The Labute approximate surface area is 100 Å². The fraction of sp³-hybridized carbons (Fsp3) is 0.417. The first-order valence-electron chi connectivity index (χ1n) is 5.46. The maximum Gasteiger partial charge on any atom is 0.0965 e. The number of nitrogens with one attached hydrogen (secondary N) is 1. The third kappa shape index (κ3) is 2.93. The zero-order valence-corrected chi connectivity index (χ0v) is 10.5. The van der Waals surface area contributed by atoms with Crippen molar-refractivity contribution in [3.63, 3.8) is 0 Å². The number of rotatable bonds is 5. The maximum absolute atomic E-state index is 4.32. The molecule has 0 aliphatic heterocycles. The van der Waals surface area contributed by atoms with Gasteiger partial charge in [-0.2, -0.15) is 0 Å². The third-order valence-electron chi connectivity index (χ3n) is 2.55. The fourth-order valence-electron chi connectivity index (χ4n) is 1.66. The van der Waals surface area contributed by atoms with Gasteiger partial charge in [0.25, 0.3) is 0 Å². The van der Waals surface area contributed by atoms with Gasteiger partial charge >= 0.3 is 0 Å². The number of thiazole rings is 1. The molecule has 2 heterocycles. The van der Waals surface area contributed by atoms with Crippen molar-refractivity contribution in [3.05, 3.63) is 40.6 Å². The van der Waals surface area contributed by atoms with E-state index in [0.29, 0.717) is 5.92 Å². The first-order valence-corrected chi connectivity index (χ1v) is 6.34. The quantitative estimate of drug-likeness (QED) is 0.862. The monoisotopic (exact) mass is 235 g/mol. The zero-order valence-electron chi connectivity index (χ0n) is 9.68. The zero-order chi connectivity index (χ0) is 11.4. The smallest absolute Gasteiger partial charge is 0.0965 e. The minimum absolute atomic E-state index is 0.490. The lowest BCUT2D eigenvalue weighted by molar-refractivity contribution is 0.612. The summed E-state index contributed by atoms with van der Waals surface area (Å²) in [6.45, 7) is 4.11. The molecule has 0 bridgehead atoms. The van der Waals surface area contributed by atoms with Gasteiger partial charge in [-0.05, 0) is 11.6 Å². The molecule has 0 saturated heterocycles. The lowest BCUT2D eigenvalue weighted by atomic mass is 10.2. The highest BCUT2D eigenvalue weighted by Gasteiger charge is 2.07. The van der Waals surface area contributed by atoms with Gasteiger partial charge in [0.05, 0.1) is 5.01 Å². The van der Waals surface area contributed by atoms with Crippen LogP contribution in [-0.2, 0) is 13.6 Å². The van der Waals surface area contributed by atoms with Crippen LogP contribution in [0.1, 0.15) is 23.4 Å². The molecule has 0 aromatic carbocycles. The summed E-state index contributed by atoms with van der Waals surface area (Å²) in [6, 6.07) is 2.14. The van der Waals surface area contributed by atoms with Crippen LogP contribution < -0.4 is 5.32 Å². The van der Waals surface area contributed by atoms with Gasteiger partial charge in [0.15, 0.2) is 0 Å². The number of aromatic nitrogens is 2. The Hall–Kier alpha value is -1.13. The summed E-state index contributed by atoms with van der Waals surface area (Å²) < 4.78 is 2.07. The second-order valence-electron chi connectivity index (χ2n) is 4.09. The summed E-state index contributed by atoms with van der Waals surface area (Å²) in [4.78, 5) is 4.32. The summed E-state index contributed by atoms with van der Waals surface area (Å²) in [6.07, 6.45) is 6.08. The van der Waals surface area contributed by atoms with Crippen molar-refractivity contribution in [2.75, 3.05) is 6.54 Å². The molecular formula is C12H17N3S. The van der Waals surface area contributed by atoms with Gasteiger partial charge in [0.2, 0.25) is 0 Å². The van der Waals surface area contributed by atoms with Crippen LogP contribution in [0.5, 0.6) is 0 Å². The van der Waals surface area contributed by atoms with E-state index in [2.05, 4.69) is 40.3 Å². The van der Waals surface area contributed by atoms with Crippen molar-refractivity contribution < 1.29 is 0 Å². The molecule has 2 aromatic heterocycles. The van der Waals surface area contributed by atoms with E-state index >= 15 is 0 Å². The van der Waals surface area contributed by atoms with Crippen LogP contribution in [0.4, 0.5) is 0 Å². The number of hydrogen-bond acceptors (Lipinski definition) is 3. The second-order valence-corrected chi connectivity index (χ2v) is 5.01. The third-order valence-corrected chi connectivity index (χ3v) is 3.55. The van der Waals surface area contributed by atoms with Gasteiger partial charge in [-0.25, -0.2) is 4.98 Å². The maximum atomic E-state index is 4.32. The van der Waals surface area contributed by atoms with Crippen molar-refractivity contribution in [1.82, 2.24) is 14.9 Å². The summed E-state index contributed by atoms with van der Waals surface area (Å²) in [5, 5.41) is 6.70. The Morgan fingerprint density at radius 1 is 1.56 bits per heavy atom. The predicted molar refractivity (Wildman–Crippen MR) is 67.6 cm³/mol. The predicted octanol–water partition coefficient (Wildman–Crippen LogP) is 2.37. The second kappa shape index (κ2) is 5.27. The van der Waals surface area contributed by atoms with E-state index in [1.165, 1.54) is 10.6 Å². The SMILES string of the molecule is CC(CNCc1ccn(C)c1)c1nccs1. The lowest BCUT2D eigenvalue weighted by Gasteiger charge is -2.09. The summed E-state index contributed by atoms with van der Waals surface area (Å²) >= 11 is 1.73. The molecule has 3 nitrogen and oxygen atoms in total. The normalized spacial score (nSPS) is 12.9. The molecule has 2 aromatic rings. The van der Waals surface area contributed by atoms with Crippen LogP contribution in [0.25, 0.3) is 0 Å². The number of hydrogen-bond donors (Lipinski definition) is 1. The Bertz CT molecular complexity index is 419. The summed E-state index contributed by atoms with van der Waals surface area (Å²) in [5.74, 6) is 0.490. The molecule has 0 aliphatic rings. The van der Waals surface area contributed by atoms with Crippen molar-refractivity contribution in [1.29, 1.82) is 0 Å². The molecule has 4 heteroatoms. The van der Waals surface area contributed by atoms with E-state index in [0.717, 1.165) is 13.1 Å². The van der Waals surface area contributed by atoms with Crippen LogP contribution in [0.2, 0.25) is 0 Å². The van der Waals surface area contributed by atoms with Crippen LogP contribution in [0, 0.1) is 0 Å². The van der Waals surface area contributed by atoms with Crippen LogP contribution in [0.3, 0.4) is 0 Å². The highest BCUT2D eigenvalue weighted by atomic mass is 32.1. The van der Waals surface area contributed by atoms with Gasteiger partial charge in [0.1, 0.15) is 0 Å². The highest BCUT2D eigenvalue weighted by molar-refractivity contribution is 7.09. The van der Waals surface area contributed by atoms with Crippen LogP contribution >= 0.6 is 11.3 Å². The van der Waals surface area contributed by atoms with Gasteiger partial charge in [-0.3, -0.25) is 0 Å². The molecule has 1 unspecified atom stereocenters.